The third kappa shape index (κ3) is 2.62. The van der Waals surface area contributed by atoms with E-state index < -0.39 is 15.7 Å². The van der Waals surface area contributed by atoms with Crippen LogP contribution in [0.25, 0.3) is 0 Å². The highest BCUT2D eigenvalue weighted by atomic mass is 32.2. The molecule has 7 heteroatoms. The first-order valence-electron chi connectivity index (χ1n) is 4.64. The van der Waals surface area contributed by atoms with Crippen molar-refractivity contribution in [1.82, 2.24) is 4.98 Å². The molecule has 2 rings (SSSR count). The summed E-state index contributed by atoms with van der Waals surface area (Å²) in [6.07, 6.45) is 1.49. The van der Waals surface area contributed by atoms with Crippen LogP contribution in [0.2, 0.25) is 0 Å². The highest BCUT2D eigenvalue weighted by Gasteiger charge is 2.19. The number of hydrogen-bond donors (Lipinski definition) is 1. The van der Waals surface area contributed by atoms with Crippen LogP contribution >= 0.6 is 11.3 Å². The summed E-state index contributed by atoms with van der Waals surface area (Å²) in [4.78, 5) is 4.37. The molecule has 0 saturated carbocycles. The molecule has 1 aromatic heterocycles. The summed E-state index contributed by atoms with van der Waals surface area (Å²) in [7, 11) is -3.55. The fraction of sp³-hybridized carbons (Fsp3) is 0.100. The maximum Gasteiger partial charge on any atom is 0.185 e. The maximum absolute atomic E-state index is 12.8. The summed E-state index contributed by atoms with van der Waals surface area (Å²) in [5.41, 5.74) is 6.98. The van der Waals surface area contributed by atoms with Crippen molar-refractivity contribution in [2.45, 2.75) is 10.6 Å². The second-order valence-electron chi connectivity index (χ2n) is 3.41. The average molecular weight is 272 g/mol. The zero-order valence-corrected chi connectivity index (χ0v) is 10.3. The quantitative estimate of drug-likeness (QED) is 0.683. The Morgan fingerprint density at radius 1 is 1.41 bits per heavy atom. The molecule has 0 spiro atoms. The number of rotatable bonds is 3. The highest BCUT2D eigenvalue weighted by molar-refractivity contribution is 7.91. The van der Waals surface area contributed by atoms with Gasteiger partial charge in [0.15, 0.2) is 9.84 Å². The molecule has 90 valence electrons. The normalized spacial score (nSPS) is 11.6. The summed E-state index contributed by atoms with van der Waals surface area (Å²) >= 11 is 1.25. The monoisotopic (exact) mass is 272 g/mol. The van der Waals surface area contributed by atoms with E-state index in [4.69, 9.17) is 5.73 Å². The number of hydrogen-bond acceptors (Lipinski definition) is 5. The van der Waals surface area contributed by atoms with Crippen LogP contribution in [0.4, 0.5) is 10.1 Å². The van der Waals surface area contributed by atoms with E-state index in [1.807, 2.05) is 0 Å². The van der Waals surface area contributed by atoms with Gasteiger partial charge in [-0.3, -0.25) is 4.98 Å². The Balaban J connectivity index is 2.38. The number of aromatic nitrogens is 1. The fourth-order valence-electron chi connectivity index (χ4n) is 1.38. The molecule has 0 atom stereocenters. The predicted molar refractivity (Wildman–Crippen MR) is 63.8 cm³/mol. The predicted octanol–water partition coefficient (Wildman–Crippen LogP) is 1.84. The van der Waals surface area contributed by atoms with Crippen molar-refractivity contribution in [3.05, 3.63) is 40.6 Å². The van der Waals surface area contributed by atoms with Crippen molar-refractivity contribution in [3.8, 4) is 0 Å². The molecular formula is C10H9FN2O2S2. The van der Waals surface area contributed by atoms with Gasteiger partial charge >= 0.3 is 0 Å². The van der Waals surface area contributed by atoms with E-state index in [1.165, 1.54) is 23.6 Å². The number of benzene rings is 1. The minimum absolute atomic E-state index is 0.0488. The number of anilines is 1. The number of halogens is 1. The average Bonchev–Trinajstić information content (AvgIpc) is 2.68. The Labute approximate surface area is 102 Å². The molecule has 1 aromatic carbocycles. The van der Waals surface area contributed by atoms with Crippen molar-refractivity contribution in [2.24, 2.45) is 0 Å². The van der Waals surface area contributed by atoms with Gasteiger partial charge in [-0.05, 0) is 18.2 Å². The Bertz CT molecular complexity index is 624. The molecule has 0 aliphatic rings. The summed E-state index contributed by atoms with van der Waals surface area (Å²) in [5, 5.41) is 0. The lowest BCUT2D eigenvalue weighted by molar-refractivity contribution is 0.595. The number of nitrogen functional groups attached to an aromatic ring is 1. The lowest BCUT2D eigenvalue weighted by Crippen LogP contribution is -2.07. The van der Waals surface area contributed by atoms with E-state index in [-0.39, 0.29) is 16.3 Å². The molecule has 0 fully saturated rings. The topological polar surface area (TPSA) is 73.1 Å². The van der Waals surface area contributed by atoms with E-state index in [0.717, 1.165) is 12.1 Å². The maximum atomic E-state index is 12.8. The number of thiazole rings is 1. The first-order chi connectivity index (χ1) is 7.99. The SMILES string of the molecule is Nc1cc(F)ccc1S(=O)(=O)Cc1cncs1. The highest BCUT2D eigenvalue weighted by Crippen LogP contribution is 2.24. The van der Waals surface area contributed by atoms with Crippen LogP contribution in [0.3, 0.4) is 0 Å². The van der Waals surface area contributed by atoms with Gasteiger partial charge in [0.1, 0.15) is 5.82 Å². The van der Waals surface area contributed by atoms with E-state index in [9.17, 15) is 12.8 Å². The van der Waals surface area contributed by atoms with Gasteiger partial charge in [0.2, 0.25) is 0 Å². The van der Waals surface area contributed by atoms with Gasteiger partial charge in [0, 0.05) is 11.1 Å². The lowest BCUT2D eigenvalue weighted by atomic mass is 10.3. The summed E-state index contributed by atoms with van der Waals surface area (Å²) < 4.78 is 36.8. The minimum Gasteiger partial charge on any atom is -0.398 e. The van der Waals surface area contributed by atoms with Crippen molar-refractivity contribution in [3.63, 3.8) is 0 Å². The zero-order valence-electron chi connectivity index (χ0n) is 8.63. The van der Waals surface area contributed by atoms with Crippen molar-refractivity contribution in [1.29, 1.82) is 0 Å². The molecule has 4 nitrogen and oxygen atoms in total. The van der Waals surface area contributed by atoms with Gasteiger partial charge in [-0.2, -0.15) is 0 Å². The van der Waals surface area contributed by atoms with Crippen LogP contribution in [-0.2, 0) is 15.6 Å². The van der Waals surface area contributed by atoms with Gasteiger partial charge in [0.25, 0.3) is 0 Å². The molecule has 2 aromatic rings. The van der Waals surface area contributed by atoms with E-state index >= 15 is 0 Å². The second-order valence-corrected chi connectivity index (χ2v) is 6.34. The molecule has 0 saturated heterocycles. The Kier molecular flexibility index (Phi) is 3.12. The molecule has 0 bridgehead atoms. The van der Waals surface area contributed by atoms with Gasteiger partial charge in [-0.15, -0.1) is 11.3 Å². The molecule has 0 aliphatic heterocycles. The van der Waals surface area contributed by atoms with Crippen LogP contribution in [0, 0.1) is 5.82 Å². The summed E-state index contributed by atoms with van der Waals surface area (Å²) in [6, 6.07) is 3.26. The largest absolute Gasteiger partial charge is 0.398 e. The molecule has 2 N–H and O–H groups in total. The van der Waals surface area contributed by atoms with Gasteiger partial charge in [0.05, 0.1) is 21.8 Å². The summed E-state index contributed by atoms with van der Waals surface area (Å²) in [5.74, 6) is -0.729. The fourth-order valence-corrected chi connectivity index (χ4v) is 3.80. The number of nitrogens with two attached hydrogens (primary N) is 1. The molecule has 0 amide bonds. The smallest absolute Gasteiger partial charge is 0.185 e. The first-order valence-corrected chi connectivity index (χ1v) is 7.17. The molecule has 0 radical (unpaired) electrons. The molecule has 0 unspecified atom stereocenters. The van der Waals surface area contributed by atoms with Crippen LogP contribution in [0.15, 0.2) is 34.8 Å². The molecule has 1 heterocycles. The van der Waals surface area contributed by atoms with Crippen LogP contribution in [0.1, 0.15) is 4.88 Å². The van der Waals surface area contributed by atoms with Gasteiger partial charge in [-0.1, -0.05) is 0 Å². The zero-order chi connectivity index (χ0) is 12.5. The van der Waals surface area contributed by atoms with E-state index in [1.54, 1.807) is 5.51 Å². The first kappa shape index (κ1) is 12.0. The van der Waals surface area contributed by atoms with E-state index in [0.29, 0.717) is 4.88 Å². The minimum atomic E-state index is -3.55. The number of nitrogens with zero attached hydrogens (tertiary/aromatic N) is 1. The number of sulfone groups is 1. The van der Waals surface area contributed by atoms with Gasteiger partial charge in [-0.25, -0.2) is 12.8 Å². The molecule has 0 aliphatic carbocycles. The summed E-state index contributed by atoms with van der Waals surface area (Å²) in [6.45, 7) is 0. The van der Waals surface area contributed by atoms with Crippen LogP contribution in [0.5, 0.6) is 0 Å². The standard InChI is InChI=1S/C10H9FN2O2S2/c11-7-1-2-10(9(12)3-7)17(14,15)5-8-4-13-6-16-8/h1-4,6H,5,12H2. The molecular weight excluding hydrogens is 263 g/mol. The Morgan fingerprint density at radius 2 is 2.18 bits per heavy atom. The third-order valence-corrected chi connectivity index (χ3v) is 4.82. The lowest BCUT2D eigenvalue weighted by Gasteiger charge is -2.06. The van der Waals surface area contributed by atoms with Crippen LogP contribution in [-0.4, -0.2) is 13.4 Å². The van der Waals surface area contributed by atoms with E-state index in [2.05, 4.69) is 4.98 Å². The molecule has 17 heavy (non-hydrogen) atoms. The van der Waals surface area contributed by atoms with Crippen molar-refractivity contribution < 1.29 is 12.8 Å². The van der Waals surface area contributed by atoms with Crippen LogP contribution < -0.4 is 5.73 Å². The van der Waals surface area contributed by atoms with Gasteiger partial charge < -0.3 is 5.73 Å². The Morgan fingerprint density at radius 3 is 2.76 bits per heavy atom. The van der Waals surface area contributed by atoms with Crippen molar-refractivity contribution in [2.75, 3.05) is 5.73 Å². The second kappa shape index (κ2) is 4.42. The van der Waals surface area contributed by atoms with Crippen molar-refractivity contribution >= 4 is 26.9 Å². The Hall–Kier alpha value is -1.47. The third-order valence-electron chi connectivity index (χ3n) is 2.12.